The van der Waals surface area contributed by atoms with Gasteiger partial charge in [-0.15, -0.1) is 10.2 Å². The van der Waals surface area contributed by atoms with Gasteiger partial charge in [-0.25, -0.2) is 4.98 Å². The second kappa shape index (κ2) is 6.75. The first-order valence-corrected chi connectivity index (χ1v) is 6.68. The molecule has 0 bridgehead atoms. The number of hydrogen-bond donors (Lipinski definition) is 2. The van der Waals surface area contributed by atoms with Crippen molar-refractivity contribution < 1.29 is 9.90 Å². The predicted molar refractivity (Wildman–Crippen MR) is 75.4 cm³/mol. The summed E-state index contributed by atoms with van der Waals surface area (Å²) in [5.74, 6) is 5.29. The van der Waals surface area contributed by atoms with Crippen LogP contribution >= 0.6 is 11.3 Å². The molecule has 2 aromatic heterocycles. The SMILES string of the molecule is Cc1nnc(NC(=O)c2ccc(C#CCCO)cn2)s1. The number of anilines is 1. The van der Waals surface area contributed by atoms with Gasteiger partial charge in [-0.3, -0.25) is 10.1 Å². The number of nitrogens with zero attached hydrogens (tertiary/aromatic N) is 3. The van der Waals surface area contributed by atoms with Crippen molar-refractivity contribution >= 4 is 22.4 Å². The van der Waals surface area contributed by atoms with E-state index in [0.29, 0.717) is 17.1 Å². The number of nitrogens with one attached hydrogen (secondary N) is 1. The molecule has 2 aromatic rings. The van der Waals surface area contributed by atoms with Crippen molar-refractivity contribution in [2.75, 3.05) is 11.9 Å². The molecule has 2 rings (SSSR count). The zero-order valence-corrected chi connectivity index (χ0v) is 11.6. The van der Waals surface area contributed by atoms with Gasteiger partial charge in [-0.05, 0) is 19.1 Å². The van der Waals surface area contributed by atoms with E-state index < -0.39 is 0 Å². The first kappa shape index (κ1) is 14.1. The molecule has 1 amide bonds. The van der Waals surface area contributed by atoms with Gasteiger partial charge in [0.1, 0.15) is 10.7 Å². The molecular formula is C13H12N4O2S. The molecule has 0 aliphatic carbocycles. The molecule has 6 nitrogen and oxygen atoms in total. The fourth-order valence-corrected chi connectivity index (χ4v) is 1.92. The largest absolute Gasteiger partial charge is 0.395 e. The van der Waals surface area contributed by atoms with Crippen molar-refractivity contribution in [2.45, 2.75) is 13.3 Å². The average Bonchev–Trinajstić information content (AvgIpc) is 2.85. The summed E-state index contributed by atoms with van der Waals surface area (Å²) in [5.41, 5.74) is 0.979. The van der Waals surface area contributed by atoms with E-state index in [1.54, 1.807) is 12.1 Å². The van der Waals surface area contributed by atoms with Gasteiger partial charge in [-0.1, -0.05) is 23.2 Å². The van der Waals surface area contributed by atoms with Crippen molar-refractivity contribution in [3.8, 4) is 11.8 Å². The lowest BCUT2D eigenvalue weighted by Gasteiger charge is -2.00. The zero-order chi connectivity index (χ0) is 14.4. The van der Waals surface area contributed by atoms with Crippen LogP contribution in [0.1, 0.15) is 27.5 Å². The third kappa shape index (κ3) is 3.85. The predicted octanol–water partition coefficient (Wildman–Crippen LogP) is 1.23. The molecule has 0 unspecified atom stereocenters. The third-order valence-electron chi connectivity index (χ3n) is 2.21. The van der Waals surface area contributed by atoms with E-state index in [9.17, 15) is 4.79 Å². The fraction of sp³-hybridized carbons (Fsp3) is 0.231. The van der Waals surface area contributed by atoms with Crippen LogP contribution < -0.4 is 5.32 Å². The molecule has 0 radical (unpaired) electrons. The molecule has 7 heteroatoms. The van der Waals surface area contributed by atoms with E-state index in [4.69, 9.17) is 5.11 Å². The number of aliphatic hydroxyl groups excluding tert-OH is 1. The van der Waals surface area contributed by atoms with Gasteiger partial charge >= 0.3 is 0 Å². The quantitative estimate of drug-likeness (QED) is 0.829. The molecular weight excluding hydrogens is 276 g/mol. The molecule has 20 heavy (non-hydrogen) atoms. The number of rotatable bonds is 3. The Bertz CT molecular complexity index is 655. The fourth-order valence-electron chi connectivity index (χ4n) is 1.33. The van der Waals surface area contributed by atoms with Crippen molar-refractivity contribution in [2.24, 2.45) is 0 Å². The number of pyridine rings is 1. The highest BCUT2D eigenvalue weighted by Gasteiger charge is 2.09. The van der Waals surface area contributed by atoms with E-state index in [1.807, 2.05) is 6.92 Å². The Hall–Kier alpha value is -2.30. The molecule has 2 heterocycles. The summed E-state index contributed by atoms with van der Waals surface area (Å²) in [6.45, 7) is 1.84. The standard InChI is InChI=1S/C13H12N4O2S/c1-9-16-17-13(20-9)15-12(19)11-6-5-10(8-14-11)4-2-3-7-18/h5-6,8,18H,3,7H2,1H3,(H,15,17,19). The maximum absolute atomic E-state index is 11.9. The highest BCUT2D eigenvalue weighted by molar-refractivity contribution is 7.15. The summed E-state index contributed by atoms with van der Waals surface area (Å²) in [7, 11) is 0. The van der Waals surface area contributed by atoms with Crippen LogP contribution in [-0.2, 0) is 0 Å². The summed E-state index contributed by atoms with van der Waals surface area (Å²) >= 11 is 1.30. The number of carbonyl (C=O) groups is 1. The first-order chi connectivity index (χ1) is 9.69. The lowest BCUT2D eigenvalue weighted by Crippen LogP contribution is -2.13. The van der Waals surface area contributed by atoms with Crippen LogP contribution in [0.3, 0.4) is 0 Å². The van der Waals surface area contributed by atoms with Gasteiger partial charge in [0.05, 0.1) is 6.61 Å². The number of amides is 1. The second-order valence-electron chi connectivity index (χ2n) is 3.79. The Morgan fingerprint density at radius 2 is 2.30 bits per heavy atom. The maximum Gasteiger partial charge on any atom is 0.276 e. The lowest BCUT2D eigenvalue weighted by molar-refractivity contribution is 0.102. The van der Waals surface area contributed by atoms with Gasteiger partial charge in [0.25, 0.3) is 5.91 Å². The third-order valence-corrected chi connectivity index (χ3v) is 2.97. The second-order valence-corrected chi connectivity index (χ2v) is 4.97. The van der Waals surface area contributed by atoms with E-state index in [-0.39, 0.29) is 18.2 Å². The van der Waals surface area contributed by atoms with Crippen LogP contribution in [-0.4, -0.2) is 32.8 Å². The summed E-state index contributed by atoms with van der Waals surface area (Å²) in [4.78, 5) is 15.9. The lowest BCUT2D eigenvalue weighted by atomic mass is 10.2. The molecule has 0 saturated heterocycles. The average molecular weight is 288 g/mol. The Morgan fingerprint density at radius 3 is 2.90 bits per heavy atom. The van der Waals surface area contributed by atoms with Crippen LogP contribution in [0.25, 0.3) is 0 Å². The Kier molecular flexibility index (Phi) is 4.76. The minimum absolute atomic E-state index is 0.0299. The van der Waals surface area contributed by atoms with Crippen molar-refractivity contribution in [3.63, 3.8) is 0 Å². The summed E-state index contributed by atoms with van der Waals surface area (Å²) in [5, 5.41) is 20.1. The van der Waals surface area contributed by atoms with E-state index >= 15 is 0 Å². The molecule has 0 aliphatic rings. The van der Waals surface area contributed by atoms with Crippen molar-refractivity contribution in [3.05, 3.63) is 34.6 Å². The maximum atomic E-state index is 11.9. The molecule has 0 fully saturated rings. The Balaban J connectivity index is 2.02. The van der Waals surface area contributed by atoms with Crippen LogP contribution in [0.2, 0.25) is 0 Å². The Morgan fingerprint density at radius 1 is 1.45 bits per heavy atom. The number of aryl methyl sites for hydroxylation is 1. The summed E-state index contributed by atoms with van der Waals surface area (Å²) in [6, 6.07) is 3.30. The van der Waals surface area contributed by atoms with Gasteiger partial charge in [0, 0.05) is 18.2 Å². The van der Waals surface area contributed by atoms with Crippen molar-refractivity contribution in [1.82, 2.24) is 15.2 Å². The highest BCUT2D eigenvalue weighted by Crippen LogP contribution is 2.14. The molecule has 0 atom stereocenters. The van der Waals surface area contributed by atoms with E-state index in [2.05, 4.69) is 32.3 Å². The minimum Gasteiger partial charge on any atom is -0.395 e. The topological polar surface area (TPSA) is 88.0 Å². The first-order valence-electron chi connectivity index (χ1n) is 5.86. The number of hydrogen-bond acceptors (Lipinski definition) is 6. The van der Waals surface area contributed by atoms with Crippen LogP contribution in [0.15, 0.2) is 18.3 Å². The van der Waals surface area contributed by atoms with Gasteiger partial charge in [0.15, 0.2) is 0 Å². The minimum atomic E-state index is -0.337. The normalized spacial score (nSPS) is 9.70. The zero-order valence-electron chi connectivity index (χ0n) is 10.8. The number of aromatic nitrogens is 3. The van der Waals surface area contributed by atoms with Gasteiger partial charge in [-0.2, -0.15) is 0 Å². The number of aliphatic hydroxyl groups is 1. The summed E-state index contributed by atoms with van der Waals surface area (Å²) < 4.78 is 0. The molecule has 0 saturated carbocycles. The summed E-state index contributed by atoms with van der Waals surface area (Å²) in [6.07, 6.45) is 1.93. The monoisotopic (exact) mass is 288 g/mol. The number of carbonyl (C=O) groups excluding carboxylic acids is 1. The van der Waals surface area contributed by atoms with Crippen LogP contribution in [0.4, 0.5) is 5.13 Å². The van der Waals surface area contributed by atoms with Gasteiger partial charge in [0.2, 0.25) is 5.13 Å². The van der Waals surface area contributed by atoms with E-state index in [0.717, 1.165) is 5.01 Å². The van der Waals surface area contributed by atoms with E-state index in [1.165, 1.54) is 17.5 Å². The molecule has 0 spiro atoms. The highest BCUT2D eigenvalue weighted by atomic mass is 32.1. The molecule has 102 valence electrons. The Labute approximate surface area is 119 Å². The van der Waals surface area contributed by atoms with Gasteiger partial charge < -0.3 is 5.11 Å². The smallest absolute Gasteiger partial charge is 0.276 e. The molecule has 2 N–H and O–H groups in total. The molecule has 0 aromatic carbocycles. The molecule has 0 aliphatic heterocycles. The van der Waals surface area contributed by atoms with Crippen LogP contribution in [0, 0.1) is 18.8 Å². The van der Waals surface area contributed by atoms with Crippen LogP contribution in [0.5, 0.6) is 0 Å². The van der Waals surface area contributed by atoms with Crippen molar-refractivity contribution in [1.29, 1.82) is 0 Å².